The molecule has 2 fully saturated rings. The summed E-state index contributed by atoms with van der Waals surface area (Å²) in [5.74, 6) is 0. The number of hydrogen-bond acceptors (Lipinski definition) is 1. The van der Waals surface area contributed by atoms with Crippen LogP contribution in [0.1, 0.15) is 6.42 Å². The largest absolute Gasteiger partial charge is 0.308 e. The number of fused-ring (bicyclic) bond motifs is 1. The topological polar surface area (TPSA) is 21.9 Å². The van der Waals surface area contributed by atoms with Crippen molar-refractivity contribution in [1.82, 2.24) is 5.32 Å². The molecule has 22 valence electrons. The molecule has 1 N–H and O–H groups in total. The van der Waals surface area contributed by atoms with Gasteiger partial charge in [0, 0.05) is 12.1 Å². The average molecular weight is 55.1 g/mol. The highest BCUT2D eigenvalue weighted by atomic mass is 15.2. The third-order valence-electron chi connectivity index (χ3n) is 1.11. The van der Waals surface area contributed by atoms with Crippen LogP contribution in [0.25, 0.3) is 0 Å². The Balaban J connectivity index is 2.48. The fourth-order valence-electron chi connectivity index (χ4n) is 0.390. The molecule has 2 aliphatic rings. The molecule has 1 saturated heterocycles. The molecule has 2 rings (SSSR count). The lowest BCUT2D eigenvalue weighted by Gasteiger charge is -1.66. The fourth-order valence-corrected chi connectivity index (χ4v) is 0.390. The summed E-state index contributed by atoms with van der Waals surface area (Å²) in [5, 5.41) is 3.19. The van der Waals surface area contributed by atoms with Crippen molar-refractivity contribution >= 4 is 0 Å². The maximum absolute atomic E-state index is 3.19. The number of hydrogen-bond donors (Lipinski definition) is 1. The van der Waals surface area contributed by atoms with Gasteiger partial charge in [-0.2, -0.15) is 0 Å². The smallest absolute Gasteiger partial charge is 0.0240 e. The average Bonchev–Trinajstić information content (AvgIpc) is 1.36. The lowest BCUT2D eigenvalue weighted by Crippen LogP contribution is -1.89. The van der Waals surface area contributed by atoms with Crippen molar-refractivity contribution in [3.8, 4) is 0 Å². The zero-order valence-electron chi connectivity index (χ0n) is 2.36. The molecule has 0 radical (unpaired) electrons. The van der Waals surface area contributed by atoms with Crippen molar-refractivity contribution in [3.05, 3.63) is 0 Å². The van der Waals surface area contributed by atoms with E-state index in [1.807, 2.05) is 0 Å². The van der Waals surface area contributed by atoms with Crippen LogP contribution < -0.4 is 5.32 Å². The Labute approximate surface area is 25.0 Å². The first-order valence-corrected chi connectivity index (χ1v) is 1.73. The molecule has 1 aliphatic heterocycles. The third kappa shape index (κ3) is 0.0285. The molecule has 1 nitrogen and oxygen atoms in total. The third-order valence-corrected chi connectivity index (χ3v) is 1.11. The molecule has 1 aliphatic carbocycles. The summed E-state index contributed by atoms with van der Waals surface area (Å²) in [6.07, 6.45) is 1.47. The van der Waals surface area contributed by atoms with Crippen molar-refractivity contribution in [2.75, 3.05) is 0 Å². The highest BCUT2D eigenvalue weighted by Crippen LogP contribution is 2.35. The Hall–Kier alpha value is -0.0400. The Morgan fingerprint density at radius 3 is 1.75 bits per heavy atom. The van der Waals surface area contributed by atoms with Gasteiger partial charge in [-0.25, -0.2) is 0 Å². The first-order chi connectivity index (χ1) is 1.97. The second-order valence-electron chi connectivity index (χ2n) is 1.62. The van der Waals surface area contributed by atoms with Gasteiger partial charge in [-0.05, 0) is 6.42 Å². The van der Waals surface area contributed by atoms with Crippen LogP contribution in [0.3, 0.4) is 0 Å². The highest BCUT2D eigenvalue weighted by Gasteiger charge is 2.52. The van der Waals surface area contributed by atoms with Gasteiger partial charge in [0.1, 0.15) is 0 Å². The summed E-state index contributed by atoms with van der Waals surface area (Å²) in [6.45, 7) is 0. The minimum atomic E-state index is 1.000. The van der Waals surface area contributed by atoms with E-state index in [1.54, 1.807) is 0 Å². The van der Waals surface area contributed by atoms with Crippen LogP contribution in [-0.2, 0) is 0 Å². The molecular formula is C3H5N. The fraction of sp³-hybridized carbons (Fsp3) is 1.00. The van der Waals surface area contributed by atoms with Crippen LogP contribution in [0.2, 0.25) is 0 Å². The van der Waals surface area contributed by atoms with Gasteiger partial charge in [0.15, 0.2) is 0 Å². The Morgan fingerprint density at radius 2 is 1.75 bits per heavy atom. The molecule has 1 heterocycles. The summed E-state index contributed by atoms with van der Waals surface area (Å²) in [6, 6.07) is 2.00. The molecule has 0 spiro atoms. The number of nitrogens with one attached hydrogen (secondary N) is 1. The minimum Gasteiger partial charge on any atom is -0.308 e. The van der Waals surface area contributed by atoms with E-state index in [-0.39, 0.29) is 0 Å². The van der Waals surface area contributed by atoms with Crippen LogP contribution in [0.4, 0.5) is 0 Å². The van der Waals surface area contributed by atoms with Crippen molar-refractivity contribution in [2.45, 2.75) is 18.5 Å². The van der Waals surface area contributed by atoms with Crippen molar-refractivity contribution < 1.29 is 0 Å². The SMILES string of the molecule is C1C2N[C@@H]12. The summed E-state index contributed by atoms with van der Waals surface area (Å²) >= 11 is 0. The van der Waals surface area contributed by atoms with Crippen LogP contribution in [0.5, 0.6) is 0 Å². The van der Waals surface area contributed by atoms with Gasteiger partial charge in [0.25, 0.3) is 0 Å². The van der Waals surface area contributed by atoms with Gasteiger partial charge in [-0.15, -0.1) is 0 Å². The maximum atomic E-state index is 3.19. The van der Waals surface area contributed by atoms with Crippen molar-refractivity contribution in [3.63, 3.8) is 0 Å². The highest BCUT2D eigenvalue weighted by molar-refractivity contribution is 5.16. The molecule has 4 heavy (non-hydrogen) atoms. The molecular weight excluding hydrogens is 50.0 g/mol. The number of rotatable bonds is 0. The van der Waals surface area contributed by atoms with Gasteiger partial charge >= 0.3 is 0 Å². The minimum absolute atomic E-state index is 1.000. The molecule has 0 aromatic rings. The summed E-state index contributed by atoms with van der Waals surface area (Å²) in [5.41, 5.74) is 0. The van der Waals surface area contributed by atoms with E-state index in [1.165, 1.54) is 6.42 Å². The normalized spacial score (nSPS) is 66.0. The van der Waals surface area contributed by atoms with Crippen molar-refractivity contribution in [1.29, 1.82) is 0 Å². The van der Waals surface area contributed by atoms with E-state index in [0.29, 0.717) is 0 Å². The molecule has 1 saturated carbocycles. The first kappa shape index (κ1) is 1.41. The van der Waals surface area contributed by atoms with E-state index in [2.05, 4.69) is 5.32 Å². The monoisotopic (exact) mass is 55.0 g/mol. The molecule has 0 aromatic heterocycles. The second kappa shape index (κ2) is 0.179. The Kier molecular flexibility index (Phi) is 0.0633. The van der Waals surface area contributed by atoms with Crippen LogP contribution in [0.15, 0.2) is 0 Å². The van der Waals surface area contributed by atoms with E-state index in [4.69, 9.17) is 0 Å². The van der Waals surface area contributed by atoms with Gasteiger partial charge in [-0.3, -0.25) is 0 Å². The summed E-state index contributed by atoms with van der Waals surface area (Å²) in [4.78, 5) is 0. The van der Waals surface area contributed by atoms with E-state index in [0.717, 1.165) is 12.1 Å². The van der Waals surface area contributed by atoms with E-state index < -0.39 is 0 Å². The van der Waals surface area contributed by atoms with Crippen LogP contribution >= 0.6 is 0 Å². The lowest BCUT2D eigenvalue weighted by molar-refractivity contribution is 0.905. The first-order valence-electron chi connectivity index (χ1n) is 1.73. The molecule has 0 bridgehead atoms. The summed E-state index contributed by atoms with van der Waals surface area (Å²) < 4.78 is 0. The van der Waals surface area contributed by atoms with E-state index in [9.17, 15) is 0 Å². The van der Waals surface area contributed by atoms with Gasteiger partial charge in [0.2, 0.25) is 0 Å². The Bertz CT molecular complexity index is 39.2. The molecule has 1 heteroatoms. The zero-order chi connectivity index (χ0) is 2.57. The lowest BCUT2D eigenvalue weighted by atomic mass is 10.8. The predicted molar refractivity (Wildman–Crippen MR) is 15.3 cm³/mol. The van der Waals surface area contributed by atoms with Crippen molar-refractivity contribution in [2.24, 2.45) is 0 Å². The standard InChI is InChI=1S/C3H5N/c1-2-3(1)4-2/h2-4H,1H2/t2-,3?/m0/s1. The second-order valence-corrected chi connectivity index (χ2v) is 1.62. The summed E-state index contributed by atoms with van der Waals surface area (Å²) in [7, 11) is 0. The molecule has 2 atom stereocenters. The molecule has 0 aromatic carbocycles. The zero-order valence-corrected chi connectivity index (χ0v) is 2.36. The van der Waals surface area contributed by atoms with Gasteiger partial charge in [0.05, 0.1) is 0 Å². The predicted octanol–water partition coefficient (Wildman–Crippen LogP) is -0.270. The molecule has 1 unspecified atom stereocenters. The van der Waals surface area contributed by atoms with E-state index >= 15 is 0 Å². The van der Waals surface area contributed by atoms with Gasteiger partial charge < -0.3 is 5.32 Å². The maximum Gasteiger partial charge on any atom is 0.0240 e. The van der Waals surface area contributed by atoms with Gasteiger partial charge in [-0.1, -0.05) is 0 Å². The Morgan fingerprint density at radius 1 is 1.50 bits per heavy atom. The van der Waals surface area contributed by atoms with Crippen LogP contribution in [-0.4, -0.2) is 12.1 Å². The quantitative estimate of drug-likeness (QED) is 0.378. The van der Waals surface area contributed by atoms with Crippen LogP contribution in [0, 0.1) is 0 Å². The molecule has 0 amide bonds.